The Bertz CT molecular complexity index is 315. The second-order valence-corrected chi connectivity index (χ2v) is 2.44. The molecule has 1 aromatic rings. The molecule has 62 valence electrons. The predicted molar refractivity (Wildman–Crippen MR) is 44.8 cm³/mol. The number of nitrogens with zero attached hydrogens (tertiary/aromatic N) is 2. The molecule has 0 N–H and O–H groups in total. The van der Waals surface area contributed by atoms with Gasteiger partial charge in [-0.25, -0.2) is 4.98 Å². The quantitative estimate of drug-likeness (QED) is 0.661. The molecule has 0 aromatic carbocycles. The van der Waals surface area contributed by atoms with Crippen molar-refractivity contribution in [1.29, 1.82) is 5.26 Å². The van der Waals surface area contributed by atoms with Gasteiger partial charge in [-0.05, 0) is 18.6 Å². The molecule has 0 aliphatic carbocycles. The lowest BCUT2D eigenvalue weighted by Gasteiger charge is -2.05. The third-order valence-corrected chi connectivity index (χ3v) is 1.73. The molecular formula is C9H10N2O. The summed E-state index contributed by atoms with van der Waals surface area (Å²) >= 11 is 0. The lowest BCUT2D eigenvalue weighted by molar-refractivity contribution is 0.394. The fraction of sp³-hybridized carbons (Fsp3) is 0.333. The Balaban J connectivity index is 3.07. The topological polar surface area (TPSA) is 45.9 Å². The van der Waals surface area contributed by atoms with Gasteiger partial charge in [-0.2, -0.15) is 5.26 Å². The maximum absolute atomic E-state index is 8.50. The average molecular weight is 162 g/mol. The number of aromatic nitrogens is 1. The first-order valence-electron chi connectivity index (χ1n) is 3.65. The first-order chi connectivity index (χ1) is 5.79. The minimum Gasteiger partial charge on any atom is -0.481 e. The van der Waals surface area contributed by atoms with Crippen LogP contribution < -0.4 is 4.74 Å². The number of ether oxygens (including phenoxy) is 1. The lowest BCUT2D eigenvalue weighted by atomic mass is 10.1. The highest BCUT2D eigenvalue weighted by Crippen LogP contribution is 2.17. The standard InChI is InChI=1S/C9H10N2O/c1-7-8(3-5-10)4-6-11-9(7)12-2/h4,6H,3H2,1-2H3. The summed E-state index contributed by atoms with van der Waals surface area (Å²) in [5, 5.41) is 8.50. The largest absolute Gasteiger partial charge is 0.481 e. The fourth-order valence-corrected chi connectivity index (χ4v) is 1.04. The fourth-order valence-electron chi connectivity index (χ4n) is 1.04. The van der Waals surface area contributed by atoms with E-state index >= 15 is 0 Å². The molecule has 0 saturated heterocycles. The molecular weight excluding hydrogens is 152 g/mol. The second-order valence-electron chi connectivity index (χ2n) is 2.44. The Kier molecular flexibility index (Phi) is 2.65. The average Bonchev–Trinajstić information content (AvgIpc) is 2.09. The van der Waals surface area contributed by atoms with Crippen molar-refractivity contribution in [3.63, 3.8) is 0 Å². The van der Waals surface area contributed by atoms with Gasteiger partial charge < -0.3 is 4.74 Å². The van der Waals surface area contributed by atoms with Gasteiger partial charge in [0.15, 0.2) is 0 Å². The molecule has 0 aliphatic rings. The molecule has 3 heteroatoms. The van der Waals surface area contributed by atoms with Crippen molar-refractivity contribution in [1.82, 2.24) is 4.98 Å². The molecule has 0 atom stereocenters. The maximum Gasteiger partial charge on any atom is 0.216 e. The third-order valence-electron chi connectivity index (χ3n) is 1.73. The SMILES string of the molecule is COc1nccc(CC#N)c1C. The first kappa shape index (κ1) is 8.54. The smallest absolute Gasteiger partial charge is 0.216 e. The third kappa shape index (κ3) is 1.54. The van der Waals surface area contributed by atoms with E-state index in [0.29, 0.717) is 12.3 Å². The number of hydrogen-bond donors (Lipinski definition) is 0. The van der Waals surface area contributed by atoms with Crippen LogP contribution in [0.3, 0.4) is 0 Å². The van der Waals surface area contributed by atoms with Crippen LogP contribution in [0.25, 0.3) is 0 Å². The molecule has 0 radical (unpaired) electrons. The molecule has 0 amide bonds. The molecule has 3 nitrogen and oxygen atoms in total. The summed E-state index contributed by atoms with van der Waals surface area (Å²) in [4.78, 5) is 4.01. The Morgan fingerprint density at radius 3 is 3.00 bits per heavy atom. The molecule has 0 unspecified atom stereocenters. The molecule has 12 heavy (non-hydrogen) atoms. The number of rotatable bonds is 2. The molecule has 1 rings (SSSR count). The van der Waals surface area contributed by atoms with Crippen molar-refractivity contribution in [2.24, 2.45) is 0 Å². The Labute approximate surface area is 71.6 Å². The first-order valence-corrected chi connectivity index (χ1v) is 3.65. The van der Waals surface area contributed by atoms with Gasteiger partial charge in [0.25, 0.3) is 0 Å². The van der Waals surface area contributed by atoms with Crippen molar-refractivity contribution in [3.05, 3.63) is 23.4 Å². The molecule has 0 spiro atoms. The van der Waals surface area contributed by atoms with Crippen molar-refractivity contribution in [2.45, 2.75) is 13.3 Å². The predicted octanol–water partition coefficient (Wildman–Crippen LogP) is 1.46. The van der Waals surface area contributed by atoms with Gasteiger partial charge in [0.2, 0.25) is 5.88 Å². The maximum atomic E-state index is 8.50. The van der Waals surface area contributed by atoms with Crippen LogP contribution in [0.5, 0.6) is 5.88 Å². The van der Waals surface area contributed by atoms with Crippen molar-refractivity contribution in [2.75, 3.05) is 7.11 Å². The normalized spacial score (nSPS) is 9.08. The Morgan fingerprint density at radius 1 is 1.67 bits per heavy atom. The van der Waals surface area contributed by atoms with E-state index in [4.69, 9.17) is 10.00 Å². The van der Waals surface area contributed by atoms with Crippen molar-refractivity contribution >= 4 is 0 Å². The van der Waals surface area contributed by atoms with Gasteiger partial charge >= 0.3 is 0 Å². The number of pyridine rings is 1. The van der Waals surface area contributed by atoms with Gasteiger partial charge in [0.05, 0.1) is 19.6 Å². The zero-order chi connectivity index (χ0) is 8.97. The second kappa shape index (κ2) is 3.72. The van der Waals surface area contributed by atoms with Crippen LogP contribution in [0.2, 0.25) is 0 Å². The van der Waals surface area contributed by atoms with E-state index in [1.165, 1.54) is 0 Å². The summed E-state index contributed by atoms with van der Waals surface area (Å²) in [6, 6.07) is 3.93. The highest BCUT2D eigenvalue weighted by atomic mass is 16.5. The van der Waals surface area contributed by atoms with Crippen LogP contribution in [0.1, 0.15) is 11.1 Å². The minimum atomic E-state index is 0.407. The van der Waals surface area contributed by atoms with Gasteiger partial charge in [0, 0.05) is 11.8 Å². The summed E-state index contributed by atoms with van der Waals surface area (Å²) in [5.74, 6) is 0.600. The van der Waals surface area contributed by atoms with Gasteiger partial charge in [-0.1, -0.05) is 0 Å². The summed E-state index contributed by atoms with van der Waals surface area (Å²) in [6.45, 7) is 1.90. The van der Waals surface area contributed by atoms with Crippen LogP contribution in [-0.4, -0.2) is 12.1 Å². The van der Waals surface area contributed by atoms with Gasteiger partial charge in [-0.3, -0.25) is 0 Å². The van der Waals surface area contributed by atoms with Crippen LogP contribution in [-0.2, 0) is 6.42 Å². The molecule has 0 aliphatic heterocycles. The molecule has 0 saturated carbocycles. The van der Waals surface area contributed by atoms with Crippen LogP contribution in [0, 0.1) is 18.3 Å². The van der Waals surface area contributed by atoms with Crippen LogP contribution >= 0.6 is 0 Å². The zero-order valence-electron chi connectivity index (χ0n) is 7.16. The van der Waals surface area contributed by atoms with E-state index in [1.807, 2.05) is 13.0 Å². The summed E-state index contributed by atoms with van der Waals surface area (Å²) in [6.07, 6.45) is 2.06. The van der Waals surface area contributed by atoms with Crippen molar-refractivity contribution in [3.8, 4) is 11.9 Å². The van der Waals surface area contributed by atoms with Gasteiger partial charge in [-0.15, -0.1) is 0 Å². The lowest BCUT2D eigenvalue weighted by Crippen LogP contribution is -1.95. The van der Waals surface area contributed by atoms with E-state index in [9.17, 15) is 0 Å². The van der Waals surface area contributed by atoms with E-state index < -0.39 is 0 Å². The van der Waals surface area contributed by atoms with Gasteiger partial charge in [0.1, 0.15) is 0 Å². The van der Waals surface area contributed by atoms with Crippen molar-refractivity contribution < 1.29 is 4.74 Å². The van der Waals surface area contributed by atoms with Crippen LogP contribution in [0.15, 0.2) is 12.3 Å². The molecule has 1 aromatic heterocycles. The summed E-state index contributed by atoms with van der Waals surface area (Å²) in [7, 11) is 1.57. The van der Waals surface area contributed by atoms with Crippen LogP contribution in [0.4, 0.5) is 0 Å². The van der Waals surface area contributed by atoms with E-state index in [0.717, 1.165) is 11.1 Å². The van der Waals surface area contributed by atoms with E-state index in [1.54, 1.807) is 13.3 Å². The number of hydrogen-bond acceptors (Lipinski definition) is 3. The van der Waals surface area contributed by atoms with E-state index in [-0.39, 0.29) is 0 Å². The summed E-state index contributed by atoms with van der Waals surface area (Å²) < 4.78 is 5.01. The monoisotopic (exact) mass is 162 g/mol. The zero-order valence-corrected chi connectivity index (χ0v) is 7.16. The summed E-state index contributed by atoms with van der Waals surface area (Å²) in [5.41, 5.74) is 1.92. The highest BCUT2D eigenvalue weighted by Gasteiger charge is 2.03. The Morgan fingerprint density at radius 2 is 2.42 bits per heavy atom. The van der Waals surface area contributed by atoms with E-state index in [2.05, 4.69) is 11.1 Å². The Hall–Kier alpha value is -1.56. The minimum absolute atomic E-state index is 0.407. The molecule has 0 bridgehead atoms. The number of nitriles is 1. The molecule has 0 fully saturated rings. The number of methoxy groups -OCH3 is 1. The molecule has 1 heterocycles. The highest BCUT2D eigenvalue weighted by molar-refractivity contribution is 5.34.